The highest BCUT2D eigenvalue weighted by Crippen LogP contribution is 2.21. The van der Waals surface area contributed by atoms with Gasteiger partial charge >= 0.3 is 0 Å². The smallest absolute Gasteiger partial charge is 0.278 e. The number of amidine groups is 1. The standard InChI is InChI=1S/C11H13N5O2S/c1-7-3-2-4-8(10(7)11(12)13)16-19(17,18)9-5-14-6-15-9/h2-6,16H,1H3,(H3,12,13)(H,14,15). The number of nitrogen functional groups attached to an aromatic ring is 1. The van der Waals surface area contributed by atoms with Gasteiger partial charge in [0, 0.05) is 5.56 Å². The number of benzene rings is 1. The topological polar surface area (TPSA) is 125 Å². The van der Waals surface area contributed by atoms with Gasteiger partial charge in [-0.05, 0) is 18.6 Å². The van der Waals surface area contributed by atoms with E-state index in [1.807, 2.05) is 0 Å². The van der Waals surface area contributed by atoms with Crippen LogP contribution in [0.1, 0.15) is 11.1 Å². The summed E-state index contributed by atoms with van der Waals surface area (Å²) in [6, 6.07) is 5.00. The van der Waals surface area contributed by atoms with Crippen molar-refractivity contribution < 1.29 is 8.42 Å². The summed E-state index contributed by atoms with van der Waals surface area (Å²) in [5, 5.41) is 7.47. The fraction of sp³-hybridized carbons (Fsp3) is 0.0909. The molecule has 19 heavy (non-hydrogen) atoms. The van der Waals surface area contributed by atoms with Gasteiger partial charge in [0.05, 0.1) is 18.2 Å². The zero-order chi connectivity index (χ0) is 14.0. The third-order valence-corrected chi connectivity index (χ3v) is 3.84. The molecule has 5 N–H and O–H groups in total. The Hall–Kier alpha value is -2.35. The Balaban J connectivity index is 2.45. The molecule has 0 unspecified atom stereocenters. The molecule has 0 saturated heterocycles. The van der Waals surface area contributed by atoms with E-state index in [0.717, 1.165) is 5.56 Å². The van der Waals surface area contributed by atoms with Crippen LogP contribution < -0.4 is 10.5 Å². The van der Waals surface area contributed by atoms with Gasteiger partial charge in [-0.25, -0.2) is 4.98 Å². The maximum absolute atomic E-state index is 12.1. The molecule has 0 amide bonds. The van der Waals surface area contributed by atoms with Gasteiger partial charge in [0.2, 0.25) is 0 Å². The predicted octanol–water partition coefficient (Wildman–Crippen LogP) is 0.803. The fourth-order valence-electron chi connectivity index (χ4n) is 1.70. The van der Waals surface area contributed by atoms with Crippen molar-refractivity contribution in [3.05, 3.63) is 41.9 Å². The molecule has 0 bridgehead atoms. The number of rotatable bonds is 4. The summed E-state index contributed by atoms with van der Waals surface area (Å²) >= 11 is 0. The summed E-state index contributed by atoms with van der Waals surface area (Å²) in [7, 11) is -3.76. The lowest BCUT2D eigenvalue weighted by Crippen LogP contribution is -2.20. The number of aromatic amines is 1. The second-order valence-electron chi connectivity index (χ2n) is 3.93. The van der Waals surface area contributed by atoms with Crippen molar-refractivity contribution in [2.24, 2.45) is 5.73 Å². The third-order valence-electron chi connectivity index (χ3n) is 2.55. The molecular formula is C11H13N5O2S. The summed E-state index contributed by atoms with van der Waals surface area (Å²) in [6.07, 6.45) is 2.47. The molecule has 0 fully saturated rings. The summed E-state index contributed by atoms with van der Waals surface area (Å²) in [5.74, 6) is -0.194. The Bertz CT molecular complexity index is 707. The average molecular weight is 279 g/mol. The van der Waals surface area contributed by atoms with Crippen LogP contribution in [-0.4, -0.2) is 24.2 Å². The number of anilines is 1. The second kappa shape index (κ2) is 4.73. The summed E-state index contributed by atoms with van der Waals surface area (Å²) in [6.45, 7) is 1.75. The van der Waals surface area contributed by atoms with Crippen LogP contribution in [0.4, 0.5) is 5.69 Å². The van der Waals surface area contributed by atoms with E-state index in [9.17, 15) is 8.42 Å². The first-order chi connectivity index (χ1) is 8.92. The van der Waals surface area contributed by atoms with Crippen LogP contribution in [0.2, 0.25) is 0 Å². The SMILES string of the molecule is Cc1cccc(NS(=O)(=O)c2cnc[nH]2)c1C(=N)N. The molecule has 0 aliphatic heterocycles. The molecule has 7 nitrogen and oxygen atoms in total. The van der Waals surface area contributed by atoms with Gasteiger partial charge in [-0.2, -0.15) is 8.42 Å². The Kier molecular flexibility index (Phi) is 3.26. The molecule has 2 aromatic rings. The van der Waals surface area contributed by atoms with E-state index in [4.69, 9.17) is 11.1 Å². The van der Waals surface area contributed by atoms with Gasteiger partial charge in [0.25, 0.3) is 10.0 Å². The Morgan fingerprint density at radius 1 is 1.47 bits per heavy atom. The predicted molar refractivity (Wildman–Crippen MR) is 71.6 cm³/mol. The van der Waals surface area contributed by atoms with Crippen LogP contribution >= 0.6 is 0 Å². The molecule has 0 atom stereocenters. The van der Waals surface area contributed by atoms with Gasteiger partial charge in [0.15, 0.2) is 5.03 Å². The minimum atomic E-state index is -3.76. The van der Waals surface area contributed by atoms with Crippen molar-refractivity contribution in [3.8, 4) is 0 Å². The van der Waals surface area contributed by atoms with Crippen molar-refractivity contribution in [1.29, 1.82) is 5.41 Å². The van der Waals surface area contributed by atoms with Gasteiger partial charge in [-0.3, -0.25) is 10.1 Å². The molecule has 2 rings (SSSR count). The third kappa shape index (κ3) is 2.58. The number of nitrogens with two attached hydrogens (primary N) is 1. The molecule has 1 aromatic heterocycles. The number of sulfonamides is 1. The molecule has 1 heterocycles. The molecule has 0 radical (unpaired) electrons. The number of aryl methyl sites for hydroxylation is 1. The summed E-state index contributed by atoms with van der Waals surface area (Å²) in [5.41, 5.74) is 6.83. The second-order valence-corrected chi connectivity index (χ2v) is 5.58. The quantitative estimate of drug-likeness (QED) is 0.488. The normalized spacial score (nSPS) is 11.2. The number of hydrogen-bond acceptors (Lipinski definition) is 4. The minimum absolute atomic E-state index is 0.0523. The van der Waals surface area contributed by atoms with E-state index < -0.39 is 10.0 Å². The van der Waals surface area contributed by atoms with E-state index in [1.165, 1.54) is 12.5 Å². The van der Waals surface area contributed by atoms with Crippen molar-refractivity contribution in [2.75, 3.05) is 4.72 Å². The van der Waals surface area contributed by atoms with E-state index in [0.29, 0.717) is 5.56 Å². The van der Waals surface area contributed by atoms with Crippen molar-refractivity contribution in [3.63, 3.8) is 0 Å². The van der Waals surface area contributed by atoms with E-state index in [2.05, 4.69) is 14.7 Å². The van der Waals surface area contributed by atoms with E-state index in [1.54, 1.807) is 25.1 Å². The number of aromatic nitrogens is 2. The first-order valence-corrected chi connectivity index (χ1v) is 6.85. The monoisotopic (exact) mass is 279 g/mol. The number of imidazole rings is 1. The van der Waals surface area contributed by atoms with Gasteiger partial charge < -0.3 is 10.7 Å². The molecule has 0 saturated carbocycles. The average Bonchev–Trinajstić information content (AvgIpc) is 2.81. The first kappa shape index (κ1) is 13.1. The highest BCUT2D eigenvalue weighted by molar-refractivity contribution is 7.92. The Morgan fingerprint density at radius 3 is 2.79 bits per heavy atom. The van der Waals surface area contributed by atoms with Gasteiger partial charge in [0.1, 0.15) is 5.84 Å². The Labute approximate surface area is 110 Å². The lowest BCUT2D eigenvalue weighted by Gasteiger charge is -2.12. The first-order valence-electron chi connectivity index (χ1n) is 5.37. The van der Waals surface area contributed by atoms with Crippen LogP contribution in [0.3, 0.4) is 0 Å². The maximum Gasteiger partial charge on any atom is 0.278 e. The van der Waals surface area contributed by atoms with Gasteiger partial charge in [-0.1, -0.05) is 12.1 Å². The zero-order valence-corrected chi connectivity index (χ0v) is 11.0. The van der Waals surface area contributed by atoms with E-state index in [-0.39, 0.29) is 16.5 Å². The van der Waals surface area contributed by atoms with E-state index >= 15 is 0 Å². The highest BCUT2D eigenvalue weighted by Gasteiger charge is 2.18. The van der Waals surface area contributed by atoms with Crippen LogP contribution in [0.5, 0.6) is 0 Å². The number of H-pyrrole nitrogens is 1. The van der Waals surface area contributed by atoms with Crippen molar-refractivity contribution >= 4 is 21.5 Å². The van der Waals surface area contributed by atoms with Crippen molar-refractivity contribution in [1.82, 2.24) is 9.97 Å². The van der Waals surface area contributed by atoms with Crippen LogP contribution in [0, 0.1) is 12.3 Å². The molecule has 0 spiro atoms. The highest BCUT2D eigenvalue weighted by atomic mass is 32.2. The molecule has 100 valence electrons. The number of nitrogens with zero attached hydrogens (tertiary/aromatic N) is 1. The molecule has 0 aliphatic rings. The minimum Gasteiger partial charge on any atom is -0.384 e. The zero-order valence-electron chi connectivity index (χ0n) is 10.1. The molecule has 0 aliphatic carbocycles. The summed E-state index contributed by atoms with van der Waals surface area (Å²) < 4.78 is 26.5. The fourth-order valence-corrected chi connectivity index (χ4v) is 2.68. The van der Waals surface area contributed by atoms with Crippen LogP contribution in [0.15, 0.2) is 35.7 Å². The van der Waals surface area contributed by atoms with Crippen molar-refractivity contribution in [2.45, 2.75) is 11.9 Å². The molecule has 8 heteroatoms. The number of nitrogens with one attached hydrogen (secondary N) is 3. The lowest BCUT2D eigenvalue weighted by molar-refractivity contribution is 0.598. The Morgan fingerprint density at radius 2 is 2.21 bits per heavy atom. The largest absolute Gasteiger partial charge is 0.384 e. The van der Waals surface area contributed by atoms with Crippen LogP contribution in [0.25, 0.3) is 0 Å². The molecule has 1 aromatic carbocycles. The summed E-state index contributed by atoms with van der Waals surface area (Å²) in [4.78, 5) is 6.18. The number of hydrogen-bond donors (Lipinski definition) is 4. The molecular weight excluding hydrogens is 266 g/mol. The van der Waals surface area contributed by atoms with Crippen LogP contribution in [-0.2, 0) is 10.0 Å². The maximum atomic E-state index is 12.1. The van der Waals surface area contributed by atoms with Gasteiger partial charge in [-0.15, -0.1) is 0 Å². The lowest BCUT2D eigenvalue weighted by atomic mass is 10.1.